The molecule has 5 nitrogen and oxygen atoms in total. The van der Waals surface area contributed by atoms with E-state index in [1.165, 1.54) is 24.0 Å². The molecule has 6 heteroatoms. The molecular weight excluding hydrogens is 372 g/mol. The van der Waals surface area contributed by atoms with Gasteiger partial charge < -0.3 is 9.64 Å². The second-order valence-electron chi connectivity index (χ2n) is 8.31. The highest BCUT2D eigenvalue weighted by atomic mass is 35.5. The molecule has 0 saturated carbocycles. The van der Waals surface area contributed by atoms with Gasteiger partial charge in [-0.25, -0.2) is 9.97 Å². The monoisotopic (exact) mass is 398 g/mol. The second kappa shape index (κ2) is 7.62. The maximum Gasteiger partial charge on any atom is 0.224 e. The third-order valence-electron chi connectivity index (χ3n) is 6.61. The molecule has 0 radical (unpaired) electrons. The van der Waals surface area contributed by atoms with Gasteiger partial charge in [0.25, 0.3) is 0 Å². The molecular formula is C22H27ClN4O. The fraction of sp³-hybridized carbons (Fsp3) is 0.545. The Hall–Kier alpha value is -1.69. The van der Waals surface area contributed by atoms with Crippen LogP contribution in [0.3, 0.4) is 0 Å². The van der Waals surface area contributed by atoms with Crippen LogP contribution in [-0.2, 0) is 24.2 Å². The zero-order valence-corrected chi connectivity index (χ0v) is 17.1. The Morgan fingerprint density at radius 1 is 1.11 bits per heavy atom. The minimum absolute atomic E-state index is 0.372. The van der Waals surface area contributed by atoms with Crippen molar-refractivity contribution in [1.82, 2.24) is 14.9 Å². The molecule has 0 aliphatic carbocycles. The van der Waals surface area contributed by atoms with Gasteiger partial charge in [-0.2, -0.15) is 0 Å². The van der Waals surface area contributed by atoms with Gasteiger partial charge in [-0.1, -0.05) is 30.3 Å². The number of benzene rings is 1. The number of nitrogens with zero attached hydrogens (tertiary/aromatic N) is 4. The first-order valence-electron chi connectivity index (χ1n) is 10.3. The van der Waals surface area contributed by atoms with Gasteiger partial charge in [0.05, 0.1) is 11.8 Å². The third kappa shape index (κ3) is 3.40. The summed E-state index contributed by atoms with van der Waals surface area (Å²) in [5, 5.41) is 0.388. The number of fused-ring (bicyclic) bond motifs is 3. The van der Waals surface area contributed by atoms with E-state index in [0.717, 1.165) is 50.4 Å². The summed E-state index contributed by atoms with van der Waals surface area (Å²) in [7, 11) is 1.84. The van der Waals surface area contributed by atoms with Gasteiger partial charge in [-0.05, 0) is 42.8 Å². The largest absolute Gasteiger partial charge is 0.381 e. The number of rotatable bonds is 4. The topological polar surface area (TPSA) is 41.5 Å². The van der Waals surface area contributed by atoms with Crippen molar-refractivity contribution in [3.05, 3.63) is 52.4 Å². The van der Waals surface area contributed by atoms with Gasteiger partial charge in [0, 0.05) is 50.8 Å². The van der Waals surface area contributed by atoms with E-state index in [1.807, 2.05) is 7.11 Å². The molecule has 1 aromatic heterocycles. The summed E-state index contributed by atoms with van der Waals surface area (Å²) in [5.41, 5.74) is 3.76. The molecule has 2 bridgehead atoms. The molecule has 2 saturated heterocycles. The lowest BCUT2D eigenvalue weighted by Gasteiger charge is -2.41. The minimum Gasteiger partial charge on any atom is -0.381 e. The Bertz CT molecular complexity index is 832. The molecule has 4 heterocycles. The van der Waals surface area contributed by atoms with Gasteiger partial charge in [0.1, 0.15) is 5.82 Å². The van der Waals surface area contributed by atoms with Crippen molar-refractivity contribution in [1.29, 1.82) is 0 Å². The summed E-state index contributed by atoms with van der Waals surface area (Å²) in [4.78, 5) is 14.4. The van der Waals surface area contributed by atoms with Crippen LogP contribution in [0.25, 0.3) is 0 Å². The molecule has 2 aromatic rings. The zero-order chi connectivity index (χ0) is 19.1. The van der Waals surface area contributed by atoms with E-state index in [1.54, 1.807) is 0 Å². The summed E-state index contributed by atoms with van der Waals surface area (Å²) >= 11 is 6.35. The highest BCUT2D eigenvalue weighted by Gasteiger charge is 2.43. The van der Waals surface area contributed by atoms with E-state index in [4.69, 9.17) is 21.3 Å². The third-order valence-corrected chi connectivity index (χ3v) is 6.78. The normalized spacial score (nSPS) is 27.1. The van der Waals surface area contributed by atoms with Crippen LogP contribution in [0.2, 0.25) is 5.28 Å². The number of piperidine rings is 1. The van der Waals surface area contributed by atoms with Crippen molar-refractivity contribution in [3.8, 4) is 0 Å². The fourth-order valence-corrected chi connectivity index (χ4v) is 5.46. The highest BCUT2D eigenvalue weighted by Crippen LogP contribution is 2.42. The van der Waals surface area contributed by atoms with Gasteiger partial charge in [0.15, 0.2) is 0 Å². The SMILES string of the molecule is CO[C@H]1C[C@H]2CC[C@@H](C1)N2c1nc(Cl)nc2c1CN(Cc1ccccc1)CC2. The van der Waals surface area contributed by atoms with Crippen LogP contribution in [0.1, 0.15) is 42.5 Å². The fourth-order valence-electron chi connectivity index (χ4n) is 5.28. The van der Waals surface area contributed by atoms with Crippen LogP contribution in [0.4, 0.5) is 5.82 Å². The van der Waals surface area contributed by atoms with Crippen LogP contribution in [-0.4, -0.2) is 46.7 Å². The summed E-state index contributed by atoms with van der Waals surface area (Å²) in [6.45, 7) is 2.86. The molecule has 5 rings (SSSR count). The Labute approximate surface area is 171 Å². The summed E-state index contributed by atoms with van der Waals surface area (Å²) in [6.07, 6.45) is 5.90. The lowest BCUT2D eigenvalue weighted by molar-refractivity contribution is 0.0680. The first-order chi connectivity index (χ1) is 13.7. The molecule has 2 fully saturated rings. The molecule has 3 aliphatic rings. The van der Waals surface area contributed by atoms with Gasteiger partial charge in [-0.15, -0.1) is 0 Å². The van der Waals surface area contributed by atoms with Crippen molar-refractivity contribution in [2.45, 2.75) is 63.4 Å². The van der Waals surface area contributed by atoms with Crippen LogP contribution in [0.15, 0.2) is 30.3 Å². The van der Waals surface area contributed by atoms with Crippen molar-refractivity contribution in [2.75, 3.05) is 18.6 Å². The molecule has 0 amide bonds. The van der Waals surface area contributed by atoms with Crippen molar-refractivity contribution < 1.29 is 4.74 Å². The second-order valence-corrected chi connectivity index (χ2v) is 8.65. The predicted octanol–water partition coefficient (Wildman–Crippen LogP) is 3.83. The molecule has 0 N–H and O–H groups in total. The molecule has 0 unspecified atom stereocenters. The van der Waals surface area contributed by atoms with E-state index in [2.05, 4.69) is 45.1 Å². The van der Waals surface area contributed by atoms with Gasteiger partial charge >= 0.3 is 0 Å². The summed E-state index contributed by atoms with van der Waals surface area (Å²) in [5.74, 6) is 1.08. The van der Waals surface area contributed by atoms with Crippen LogP contribution >= 0.6 is 11.6 Å². The summed E-state index contributed by atoms with van der Waals surface area (Å²) < 4.78 is 5.68. The maximum atomic E-state index is 6.35. The number of aromatic nitrogens is 2. The van der Waals surface area contributed by atoms with E-state index in [9.17, 15) is 0 Å². The van der Waals surface area contributed by atoms with Gasteiger partial charge in [-0.3, -0.25) is 4.90 Å². The first-order valence-corrected chi connectivity index (χ1v) is 10.7. The molecule has 148 valence electrons. The minimum atomic E-state index is 0.372. The molecule has 0 spiro atoms. The quantitative estimate of drug-likeness (QED) is 0.732. The number of hydrogen-bond acceptors (Lipinski definition) is 5. The number of anilines is 1. The molecule has 1 aromatic carbocycles. The average Bonchev–Trinajstić information content (AvgIpc) is 2.97. The Morgan fingerprint density at radius 2 is 1.86 bits per heavy atom. The number of hydrogen-bond donors (Lipinski definition) is 0. The molecule has 3 atom stereocenters. The standard InChI is InChI=1S/C22H27ClN4O/c1-28-18-11-16-7-8-17(12-18)27(16)21-19-14-26(13-15-5-3-2-4-6-15)10-9-20(19)24-22(23)25-21/h2-6,16-18H,7-14H2,1H3/t16-,17+,18+. The van der Waals surface area contributed by atoms with Crippen LogP contribution < -0.4 is 4.90 Å². The smallest absolute Gasteiger partial charge is 0.224 e. The van der Waals surface area contributed by atoms with Gasteiger partial charge in [0.2, 0.25) is 5.28 Å². The zero-order valence-electron chi connectivity index (χ0n) is 16.4. The predicted molar refractivity (Wildman–Crippen MR) is 111 cm³/mol. The maximum absolute atomic E-state index is 6.35. The van der Waals surface area contributed by atoms with Crippen LogP contribution in [0, 0.1) is 0 Å². The lowest BCUT2D eigenvalue weighted by Crippen LogP contribution is -2.47. The average molecular weight is 399 g/mol. The first kappa shape index (κ1) is 18.3. The Balaban J connectivity index is 1.44. The van der Waals surface area contributed by atoms with Crippen molar-refractivity contribution in [2.24, 2.45) is 0 Å². The molecule has 3 aliphatic heterocycles. The van der Waals surface area contributed by atoms with Crippen molar-refractivity contribution in [3.63, 3.8) is 0 Å². The lowest BCUT2D eigenvalue weighted by atomic mass is 9.97. The van der Waals surface area contributed by atoms with E-state index < -0.39 is 0 Å². The number of methoxy groups -OCH3 is 1. The highest BCUT2D eigenvalue weighted by molar-refractivity contribution is 6.28. The Morgan fingerprint density at radius 3 is 2.57 bits per heavy atom. The van der Waals surface area contributed by atoms with Crippen LogP contribution in [0.5, 0.6) is 0 Å². The van der Waals surface area contributed by atoms with E-state index in [0.29, 0.717) is 23.5 Å². The van der Waals surface area contributed by atoms with E-state index >= 15 is 0 Å². The Kier molecular flexibility index (Phi) is 4.99. The summed E-state index contributed by atoms with van der Waals surface area (Å²) in [6, 6.07) is 11.7. The number of halogens is 1. The molecule has 28 heavy (non-hydrogen) atoms. The van der Waals surface area contributed by atoms with E-state index in [-0.39, 0.29) is 0 Å². The van der Waals surface area contributed by atoms with Crippen molar-refractivity contribution >= 4 is 17.4 Å². The number of ether oxygens (including phenoxy) is 1.